The van der Waals surface area contributed by atoms with Crippen LogP contribution in [0.3, 0.4) is 0 Å². The van der Waals surface area contributed by atoms with Crippen molar-refractivity contribution in [3.8, 4) is 0 Å². The minimum atomic E-state index is -1.93. The highest BCUT2D eigenvalue weighted by atomic mass is 31.2. The van der Waals surface area contributed by atoms with Gasteiger partial charge in [-0.3, -0.25) is 0 Å². The highest BCUT2D eigenvalue weighted by Gasteiger charge is 2.05. The summed E-state index contributed by atoms with van der Waals surface area (Å²) in [6, 6.07) is 5.58. The zero-order valence-corrected chi connectivity index (χ0v) is 7.47. The summed E-state index contributed by atoms with van der Waals surface area (Å²) < 4.78 is 0. The van der Waals surface area contributed by atoms with E-state index in [9.17, 15) is 0 Å². The second-order valence-electron chi connectivity index (χ2n) is 2.58. The molecule has 0 aliphatic carbocycles. The molecule has 0 heterocycles. The fourth-order valence-corrected chi connectivity index (χ4v) is 1.62. The van der Waals surface area contributed by atoms with Gasteiger partial charge in [0.2, 0.25) is 0 Å². The number of aryl methyl sites for hydroxylation is 2. The summed E-state index contributed by atoms with van der Waals surface area (Å²) in [5, 5.41) is 0.644. The van der Waals surface area contributed by atoms with Gasteiger partial charge < -0.3 is 9.79 Å². The normalized spacial score (nSPS) is 10.6. The van der Waals surface area contributed by atoms with Gasteiger partial charge in [-0.15, -0.1) is 0 Å². The van der Waals surface area contributed by atoms with Crippen molar-refractivity contribution in [2.75, 3.05) is 0 Å². The first-order chi connectivity index (χ1) is 5.11. The molecule has 60 valence electrons. The van der Waals surface area contributed by atoms with E-state index in [-0.39, 0.29) is 0 Å². The monoisotopic (exact) mass is 170 g/mol. The Labute approximate surface area is 67.4 Å². The van der Waals surface area contributed by atoms with Crippen LogP contribution in [0.4, 0.5) is 0 Å². The quantitative estimate of drug-likeness (QED) is 0.622. The van der Waals surface area contributed by atoms with Gasteiger partial charge in [-0.2, -0.15) is 0 Å². The van der Waals surface area contributed by atoms with E-state index in [1.54, 1.807) is 6.07 Å². The molecule has 2 N–H and O–H groups in total. The molecule has 0 aromatic heterocycles. The van der Waals surface area contributed by atoms with E-state index in [0.717, 1.165) is 11.1 Å². The van der Waals surface area contributed by atoms with Crippen molar-refractivity contribution < 1.29 is 9.79 Å². The van der Waals surface area contributed by atoms with Gasteiger partial charge in [0.15, 0.2) is 8.38 Å². The van der Waals surface area contributed by atoms with Gasteiger partial charge in [-0.1, -0.05) is 17.7 Å². The van der Waals surface area contributed by atoms with Crippen molar-refractivity contribution >= 4 is 13.7 Å². The highest BCUT2D eigenvalue weighted by molar-refractivity contribution is 7.54. The van der Waals surface area contributed by atoms with Gasteiger partial charge in [0.1, 0.15) is 0 Å². The van der Waals surface area contributed by atoms with Gasteiger partial charge in [-0.25, -0.2) is 0 Å². The van der Waals surface area contributed by atoms with Crippen LogP contribution >= 0.6 is 8.38 Å². The molecule has 0 unspecified atom stereocenters. The maximum atomic E-state index is 8.92. The summed E-state index contributed by atoms with van der Waals surface area (Å²) in [7, 11) is -1.93. The van der Waals surface area contributed by atoms with Gasteiger partial charge >= 0.3 is 0 Å². The van der Waals surface area contributed by atoms with Crippen molar-refractivity contribution in [1.29, 1.82) is 0 Å². The van der Waals surface area contributed by atoms with Crippen molar-refractivity contribution in [3.63, 3.8) is 0 Å². The van der Waals surface area contributed by atoms with Crippen molar-refractivity contribution in [2.45, 2.75) is 13.8 Å². The second-order valence-corrected chi connectivity index (χ2v) is 3.64. The summed E-state index contributed by atoms with van der Waals surface area (Å²) in [6.45, 7) is 3.86. The summed E-state index contributed by atoms with van der Waals surface area (Å²) in [6.07, 6.45) is 0. The number of hydrogen-bond acceptors (Lipinski definition) is 2. The summed E-state index contributed by atoms with van der Waals surface area (Å²) in [5.74, 6) is 0. The zero-order valence-electron chi connectivity index (χ0n) is 6.57. The summed E-state index contributed by atoms with van der Waals surface area (Å²) >= 11 is 0. The topological polar surface area (TPSA) is 40.5 Å². The van der Waals surface area contributed by atoms with Crippen LogP contribution in [0.25, 0.3) is 0 Å². The molecule has 0 aliphatic rings. The Balaban J connectivity index is 3.09. The van der Waals surface area contributed by atoms with Gasteiger partial charge in [0, 0.05) is 5.30 Å². The Kier molecular flexibility index (Phi) is 2.61. The molecule has 0 spiro atoms. The third-order valence-corrected chi connectivity index (χ3v) is 2.50. The average Bonchev–Trinajstić information content (AvgIpc) is 1.85. The van der Waals surface area contributed by atoms with E-state index in [4.69, 9.17) is 9.79 Å². The molecule has 0 saturated carbocycles. The molecule has 0 amide bonds. The SMILES string of the molecule is Cc1ccc(P(O)O)c(C)c1. The van der Waals surface area contributed by atoms with Gasteiger partial charge in [-0.05, 0) is 25.5 Å². The number of benzene rings is 1. The average molecular weight is 170 g/mol. The smallest absolute Gasteiger partial charge is 0.199 e. The molecule has 0 fully saturated rings. The third kappa shape index (κ3) is 2.00. The first-order valence-electron chi connectivity index (χ1n) is 3.36. The van der Waals surface area contributed by atoms with E-state index in [0.29, 0.717) is 5.30 Å². The van der Waals surface area contributed by atoms with Crippen LogP contribution in [-0.2, 0) is 0 Å². The Morgan fingerprint density at radius 2 is 1.82 bits per heavy atom. The fraction of sp³-hybridized carbons (Fsp3) is 0.250. The van der Waals surface area contributed by atoms with Crippen LogP contribution in [-0.4, -0.2) is 9.79 Å². The summed E-state index contributed by atoms with van der Waals surface area (Å²) in [4.78, 5) is 17.8. The van der Waals surface area contributed by atoms with Crippen LogP contribution < -0.4 is 5.30 Å². The van der Waals surface area contributed by atoms with E-state index in [2.05, 4.69) is 0 Å². The van der Waals surface area contributed by atoms with Crippen molar-refractivity contribution in [1.82, 2.24) is 0 Å². The van der Waals surface area contributed by atoms with Crippen molar-refractivity contribution in [3.05, 3.63) is 29.3 Å². The van der Waals surface area contributed by atoms with E-state index < -0.39 is 8.38 Å². The second kappa shape index (κ2) is 3.31. The highest BCUT2D eigenvalue weighted by Crippen LogP contribution is 2.24. The first-order valence-corrected chi connectivity index (χ1v) is 4.61. The first kappa shape index (κ1) is 8.66. The lowest BCUT2D eigenvalue weighted by Gasteiger charge is -2.06. The Bertz CT molecular complexity index is 258. The molecule has 1 aromatic carbocycles. The summed E-state index contributed by atoms with van der Waals surface area (Å²) in [5.41, 5.74) is 2.09. The molecule has 2 nitrogen and oxygen atoms in total. The minimum Gasteiger partial charge on any atom is -0.347 e. The standard InChI is InChI=1S/C8H11O2P/c1-6-3-4-8(11(9)10)7(2)5-6/h3-5,9-10H,1-2H3. The molecule has 1 aromatic rings. The molecule has 0 saturated heterocycles. The molecular weight excluding hydrogens is 159 g/mol. The van der Waals surface area contributed by atoms with E-state index >= 15 is 0 Å². The lowest BCUT2D eigenvalue weighted by molar-refractivity contribution is 0.496. The van der Waals surface area contributed by atoms with Crippen LogP contribution in [0.15, 0.2) is 18.2 Å². The Hall–Kier alpha value is -0.430. The Morgan fingerprint density at radius 1 is 1.18 bits per heavy atom. The number of hydrogen-bond donors (Lipinski definition) is 2. The maximum Gasteiger partial charge on any atom is 0.199 e. The van der Waals surface area contributed by atoms with Crippen LogP contribution in [0.1, 0.15) is 11.1 Å². The minimum absolute atomic E-state index is 0.644. The zero-order chi connectivity index (χ0) is 8.43. The molecule has 1 rings (SSSR count). The predicted molar refractivity (Wildman–Crippen MR) is 46.9 cm³/mol. The molecular formula is C8H11O2P. The van der Waals surface area contributed by atoms with Gasteiger partial charge in [0.25, 0.3) is 0 Å². The molecule has 0 bridgehead atoms. The van der Waals surface area contributed by atoms with E-state index in [1.807, 2.05) is 26.0 Å². The number of rotatable bonds is 1. The maximum absolute atomic E-state index is 8.92. The Morgan fingerprint density at radius 3 is 2.27 bits per heavy atom. The van der Waals surface area contributed by atoms with Gasteiger partial charge in [0.05, 0.1) is 0 Å². The molecule has 0 radical (unpaired) electrons. The van der Waals surface area contributed by atoms with Crippen molar-refractivity contribution in [2.24, 2.45) is 0 Å². The van der Waals surface area contributed by atoms with E-state index in [1.165, 1.54) is 0 Å². The lowest BCUT2D eigenvalue weighted by Crippen LogP contribution is -2.04. The predicted octanol–water partition coefficient (Wildman–Crippen LogP) is 1.23. The lowest BCUT2D eigenvalue weighted by atomic mass is 10.2. The molecule has 0 aliphatic heterocycles. The molecule has 0 atom stereocenters. The largest absolute Gasteiger partial charge is 0.347 e. The third-order valence-electron chi connectivity index (χ3n) is 1.57. The molecule has 11 heavy (non-hydrogen) atoms. The van der Waals surface area contributed by atoms with Crippen LogP contribution in [0.2, 0.25) is 0 Å². The van der Waals surface area contributed by atoms with Crippen LogP contribution in [0.5, 0.6) is 0 Å². The fourth-order valence-electron chi connectivity index (χ4n) is 1.03. The molecule has 3 heteroatoms. The van der Waals surface area contributed by atoms with Crippen LogP contribution in [0, 0.1) is 13.8 Å².